The summed E-state index contributed by atoms with van der Waals surface area (Å²) in [7, 11) is 1.34. The number of rotatable bonds is 6. The Morgan fingerprint density at radius 2 is 1.92 bits per heavy atom. The van der Waals surface area contributed by atoms with Gasteiger partial charge in [-0.3, -0.25) is 4.79 Å². The molecule has 6 nitrogen and oxygen atoms in total. The van der Waals surface area contributed by atoms with Crippen molar-refractivity contribution in [2.45, 2.75) is 13.3 Å². The minimum atomic E-state index is -0.401. The van der Waals surface area contributed by atoms with Crippen molar-refractivity contribution in [1.29, 1.82) is 0 Å². The fraction of sp³-hybridized carbons (Fsp3) is 0.211. The third-order valence-corrected chi connectivity index (χ3v) is 4.59. The van der Waals surface area contributed by atoms with E-state index in [1.54, 1.807) is 18.2 Å². The van der Waals surface area contributed by atoms with Crippen LogP contribution >= 0.6 is 11.3 Å². The highest BCUT2D eigenvalue weighted by Gasteiger charge is 2.12. The van der Waals surface area contributed by atoms with Gasteiger partial charge in [-0.25, -0.2) is 9.78 Å². The fourth-order valence-corrected chi connectivity index (χ4v) is 3.36. The summed E-state index contributed by atoms with van der Waals surface area (Å²) in [6.45, 7) is 2.53. The lowest BCUT2D eigenvalue weighted by atomic mass is 10.1. The molecule has 3 aromatic rings. The smallest absolute Gasteiger partial charge is 0.337 e. The predicted octanol–water partition coefficient (Wildman–Crippen LogP) is 3.66. The molecule has 0 fully saturated rings. The van der Waals surface area contributed by atoms with E-state index < -0.39 is 5.97 Å². The van der Waals surface area contributed by atoms with Crippen LogP contribution in [0.25, 0.3) is 10.2 Å². The Morgan fingerprint density at radius 1 is 1.15 bits per heavy atom. The van der Waals surface area contributed by atoms with Gasteiger partial charge in [0, 0.05) is 0 Å². The van der Waals surface area contributed by atoms with Crippen LogP contribution in [0.15, 0.2) is 42.5 Å². The molecular weight excluding hydrogens is 352 g/mol. The maximum atomic E-state index is 12.2. The summed E-state index contributed by atoms with van der Waals surface area (Å²) < 4.78 is 10.9. The zero-order valence-corrected chi connectivity index (χ0v) is 15.3. The number of amides is 1. The van der Waals surface area contributed by atoms with Gasteiger partial charge in [0.25, 0.3) is 0 Å². The highest BCUT2D eigenvalue weighted by atomic mass is 32.1. The van der Waals surface area contributed by atoms with Gasteiger partial charge in [-0.2, -0.15) is 0 Å². The Labute approximate surface area is 154 Å². The van der Waals surface area contributed by atoms with Crippen LogP contribution in [0.1, 0.15) is 22.8 Å². The number of carbonyl (C=O) groups is 2. The van der Waals surface area contributed by atoms with E-state index in [2.05, 4.69) is 10.3 Å². The quantitative estimate of drug-likeness (QED) is 0.670. The zero-order chi connectivity index (χ0) is 18.5. The number of carbonyl (C=O) groups excluding carboxylic acids is 2. The van der Waals surface area contributed by atoms with E-state index in [0.29, 0.717) is 17.3 Å². The van der Waals surface area contributed by atoms with Crippen LogP contribution in [0.5, 0.6) is 5.75 Å². The van der Waals surface area contributed by atoms with E-state index >= 15 is 0 Å². The maximum Gasteiger partial charge on any atom is 0.337 e. The summed E-state index contributed by atoms with van der Waals surface area (Å²) in [5.74, 6) is 0.229. The average molecular weight is 370 g/mol. The van der Waals surface area contributed by atoms with Crippen LogP contribution in [-0.2, 0) is 16.0 Å². The standard InChI is InChI=1S/C19H18N2O4S/c1-3-25-14-7-4-12(5-8-14)10-17(22)21-19-20-15-9-6-13(18(23)24-2)11-16(15)26-19/h4-9,11H,3,10H2,1-2H3,(H,20,21,22). The van der Waals surface area contributed by atoms with E-state index in [1.165, 1.54) is 18.4 Å². The topological polar surface area (TPSA) is 77.5 Å². The molecule has 3 rings (SSSR count). The molecular formula is C19H18N2O4S. The summed E-state index contributed by atoms with van der Waals surface area (Å²) in [6, 6.07) is 12.5. The molecule has 134 valence electrons. The monoisotopic (exact) mass is 370 g/mol. The number of hydrogen-bond acceptors (Lipinski definition) is 6. The summed E-state index contributed by atoms with van der Waals surface area (Å²) in [6.07, 6.45) is 0.246. The number of ether oxygens (including phenoxy) is 2. The fourth-order valence-electron chi connectivity index (χ4n) is 2.44. The van der Waals surface area contributed by atoms with Crippen molar-refractivity contribution < 1.29 is 19.1 Å². The molecule has 1 N–H and O–H groups in total. The largest absolute Gasteiger partial charge is 0.494 e. The van der Waals surface area contributed by atoms with E-state index in [0.717, 1.165) is 21.5 Å². The van der Waals surface area contributed by atoms with Gasteiger partial charge in [0.05, 0.1) is 35.9 Å². The molecule has 0 bridgehead atoms. The lowest BCUT2D eigenvalue weighted by Crippen LogP contribution is -2.14. The first-order valence-corrected chi connectivity index (χ1v) is 8.91. The third kappa shape index (κ3) is 4.18. The van der Waals surface area contributed by atoms with Crippen molar-refractivity contribution in [3.8, 4) is 5.75 Å². The van der Waals surface area contributed by atoms with Gasteiger partial charge in [0.1, 0.15) is 5.75 Å². The van der Waals surface area contributed by atoms with E-state index in [1.807, 2.05) is 31.2 Å². The van der Waals surface area contributed by atoms with Crippen molar-refractivity contribution in [1.82, 2.24) is 4.98 Å². The zero-order valence-electron chi connectivity index (χ0n) is 14.4. The first-order valence-electron chi connectivity index (χ1n) is 8.09. The number of benzene rings is 2. The highest BCUT2D eigenvalue weighted by Crippen LogP contribution is 2.27. The molecule has 1 aromatic heterocycles. The third-order valence-electron chi connectivity index (χ3n) is 3.65. The summed E-state index contributed by atoms with van der Waals surface area (Å²) in [4.78, 5) is 28.2. The number of methoxy groups -OCH3 is 1. The van der Waals surface area contributed by atoms with Crippen molar-refractivity contribution >= 4 is 38.6 Å². The van der Waals surface area contributed by atoms with Crippen molar-refractivity contribution in [3.63, 3.8) is 0 Å². The van der Waals surface area contributed by atoms with Crippen molar-refractivity contribution in [2.75, 3.05) is 19.0 Å². The SMILES string of the molecule is CCOc1ccc(CC(=O)Nc2nc3ccc(C(=O)OC)cc3s2)cc1. The van der Waals surface area contributed by atoms with Gasteiger partial charge in [-0.1, -0.05) is 23.5 Å². The van der Waals surface area contributed by atoms with E-state index in [9.17, 15) is 9.59 Å². The molecule has 0 aliphatic rings. The summed E-state index contributed by atoms with van der Waals surface area (Å²) in [5.41, 5.74) is 2.06. The van der Waals surface area contributed by atoms with Crippen LogP contribution in [0.4, 0.5) is 5.13 Å². The minimum absolute atomic E-state index is 0.151. The van der Waals surface area contributed by atoms with Gasteiger partial charge < -0.3 is 14.8 Å². The summed E-state index contributed by atoms with van der Waals surface area (Å²) in [5, 5.41) is 3.30. The Balaban J connectivity index is 1.67. The second-order valence-corrected chi connectivity index (χ2v) is 6.53. The molecule has 0 saturated heterocycles. The second kappa shape index (κ2) is 7.97. The van der Waals surface area contributed by atoms with Crippen LogP contribution < -0.4 is 10.1 Å². The molecule has 0 aliphatic heterocycles. The Morgan fingerprint density at radius 3 is 2.62 bits per heavy atom. The Hall–Kier alpha value is -2.93. The number of hydrogen-bond donors (Lipinski definition) is 1. The number of aromatic nitrogens is 1. The van der Waals surface area contributed by atoms with E-state index in [4.69, 9.17) is 9.47 Å². The molecule has 7 heteroatoms. The number of nitrogens with one attached hydrogen (secondary N) is 1. The first kappa shape index (κ1) is 17.9. The predicted molar refractivity (Wildman–Crippen MR) is 101 cm³/mol. The molecule has 0 spiro atoms. The molecule has 0 saturated carbocycles. The van der Waals surface area contributed by atoms with E-state index in [-0.39, 0.29) is 12.3 Å². The lowest BCUT2D eigenvalue weighted by molar-refractivity contribution is -0.115. The Bertz CT molecular complexity index is 934. The molecule has 0 radical (unpaired) electrons. The van der Waals surface area contributed by atoms with Gasteiger partial charge >= 0.3 is 5.97 Å². The molecule has 0 unspecified atom stereocenters. The average Bonchev–Trinajstić information content (AvgIpc) is 3.04. The molecule has 1 amide bonds. The minimum Gasteiger partial charge on any atom is -0.494 e. The number of nitrogens with zero attached hydrogens (tertiary/aromatic N) is 1. The lowest BCUT2D eigenvalue weighted by Gasteiger charge is -2.05. The number of anilines is 1. The maximum absolute atomic E-state index is 12.2. The van der Waals surface area contributed by atoms with Crippen LogP contribution in [0.2, 0.25) is 0 Å². The Kier molecular flexibility index (Phi) is 5.48. The normalized spacial score (nSPS) is 10.5. The van der Waals surface area contributed by atoms with Gasteiger partial charge in [-0.05, 0) is 42.8 Å². The molecule has 2 aromatic carbocycles. The first-order chi connectivity index (χ1) is 12.6. The van der Waals surface area contributed by atoms with Crippen LogP contribution in [0, 0.1) is 0 Å². The highest BCUT2D eigenvalue weighted by molar-refractivity contribution is 7.22. The van der Waals surface area contributed by atoms with Gasteiger partial charge in [0.2, 0.25) is 5.91 Å². The molecule has 0 aliphatic carbocycles. The molecule has 1 heterocycles. The number of esters is 1. The van der Waals surface area contributed by atoms with Gasteiger partial charge in [-0.15, -0.1) is 0 Å². The second-order valence-electron chi connectivity index (χ2n) is 5.50. The van der Waals surface area contributed by atoms with Gasteiger partial charge in [0.15, 0.2) is 5.13 Å². The van der Waals surface area contributed by atoms with Crippen molar-refractivity contribution in [3.05, 3.63) is 53.6 Å². The van der Waals surface area contributed by atoms with Crippen LogP contribution in [0.3, 0.4) is 0 Å². The van der Waals surface area contributed by atoms with Crippen molar-refractivity contribution in [2.24, 2.45) is 0 Å². The molecule has 0 atom stereocenters. The number of thiazole rings is 1. The molecule has 26 heavy (non-hydrogen) atoms. The van der Waals surface area contributed by atoms with Crippen LogP contribution in [-0.4, -0.2) is 30.6 Å². The number of fused-ring (bicyclic) bond motifs is 1. The summed E-state index contributed by atoms with van der Waals surface area (Å²) >= 11 is 1.32.